The summed E-state index contributed by atoms with van der Waals surface area (Å²) in [5.41, 5.74) is 2.18. The van der Waals surface area contributed by atoms with Crippen LogP contribution in [-0.4, -0.2) is 45.3 Å². The second kappa shape index (κ2) is 9.88. The van der Waals surface area contributed by atoms with Gasteiger partial charge in [0, 0.05) is 32.1 Å². The molecule has 6 heteroatoms. The van der Waals surface area contributed by atoms with Crippen LogP contribution in [0.2, 0.25) is 0 Å². The van der Waals surface area contributed by atoms with Crippen LogP contribution in [0.25, 0.3) is 0 Å². The predicted octanol–water partition coefficient (Wildman–Crippen LogP) is 3.22. The van der Waals surface area contributed by atoms with Crippen LogP contribution in [0.1, 0.15) is 19.1 Å². The van der Waals surface area contributed by atoms with Gasteiger partial charge >= 0.3 is 0 Å². The van der Waals surface area contributed by atoms with Crippen LogP contribution in [0.15, 0.2) is 64.2 Å². The van der Waals surface area contributed by atoms with Crippen LogP contribution < -0.4 is 20.3 Å². The zero-order valence-electron chi connectivity index (χ0n) is 16.8. The zero-order valence-corrected chi connectivity index (χ0v) is 16.8. The zero-order chi connectivity index (χ0) is 19.8. The van der Waals surface area contributed by atoms with Gasteiger partial charge in [0.2, 0.25) is 0 Å². The van der Waals surface area contributed by atoms with Crippen LogP contribution in [-0.2, 0) is 6.42 Å². The fourth-order valence-corrected chi connectivity index (χ4v) is 3.31. The number of benzene rings is 1. The van der Waals surface area contributed by atoms with Crippen LogP contribution in [0.3, 0.4) is 0 Å². The molecule has 3 rings (SSSR count). The van der Waals surface area contributed by atoms with E-state index in [9.17, 15) is 0 Å². The summed E-state index contributed by atoms with van der Waals surface area (Å²) in [6, 6.07) is 12.4. The van der Waals surface area contributed by atoms with Gasteiger partial charge in [-0.3, -0.25) is 0 Å². The highest BCUT2D eigenvalue weighted by molar-refractivity contribution is 5.80. The van der Waals surface area contributed by atoms with E-state index in [0.29, 0.717) is 12.6 Å². The Morgan fingerprint density at radius 1 is 1.32 bits per heavy atom. The lowest BCUT2D eigenvalue weighted by Gasteiger charge is -2.22. The Morgan fingerprint density at radius 2 is 2.18 bits per heavy atom. The van der Waals surface area contributed by atoms with Crippen molar-refractivity contribution in [2.24, 2.45) is 4.99 Å². The third kappa shape index (κ3) is 5.55. The molecule has 0 amide bonds. The second-order valence-corrected chi connectivity index (χ2v) is 7.13. The molecule has 6 nitrogen and oxygen atoms in total. The molecule has 2 heterocycles. The predicted molar refractivity (Wildman–Crippen MR) is 114 cm³/mol. The third-order valence-corrected chi connectivity index (χ3v) is 4.71. The number of rotatable bonds is 8. The van der Waals surface area contributed by atoms with Crippen molar-refractivity contribution in [3.8, 4) is 5.75 Å². The molecule has 1 aromatic carbocycles. The highest BCUT2D eigenvalue weighted by atomic mass is 16.5. The van der Waals surface area contributed by atoms with Crippen molar-refractivity contribution in [1.82, 2.24) is 10.6 Å². The van der Waals surface area contributed by atoms with Crippen molar-refractivity contribution in [3.05, 3.63) is 60.6 Å². The summed E-state index contributed by atoms with van der Waals surface area (Å²) in [6.45, 7) is 9.21. The Hall–Kier alpha value is -2.89. The van der Waals surface area contributed by atoms with E-state index in [4.69, 9.17) is 9.15 Å². The first kappa shape index (κ1) is 19.9. The average molecular weight is 383 g/mol. The lowest BCUT2D eigenvalue weighted by Crippen LogP contribution is -2.45. The van der Waals surface area contributed by atoms with Crippen molar-refractivity contribution in [3.63, 3.8) is 0 Å². The molecule has 0 saturated carbocycles. The molecule has 0 bridgehead atoms. The van der Waals surface area contributed by atoms with Crippen LogP contribution in [0.5, 0.6) is 5.75 Å². The smallest absolute Gasteiger partial charge is 0.191 e. The topological polar surface area (TPSA) is 62.0 Å². The number of hydrogen-bond acceptors (Lipinski definition) is 4. The van der Waals surface area contributed by atoms with Gasteiger partial charge in [0.25, 0.3) is 0 Å². The number of methoxy groups -OCH3 is 1. The van der Waals surface area contributed by atoms with Gasteiger partial charge in [0.1, 0.15) is 11.5 Å². The van der Waals surface area contributed by atoms with E-state index < -0.39 is 0 Å². The van der Waals surface area contributed by atoms with E-state index in [-0.39, 0.29) is 0 Å². The van der Waals surface area contributed by atoms with Crippen molar-refractivity contribution >= 4 is 11.6 Å². The number of guanidine groups is 1. The van der Waals surface area contributed by atoms with Crippen molar-refractivity contribution in [2.75, 3.05) is 38.2 Å². The fourth-order valence-electron chi connectivity index (χ4n) is 3.31. The van der Waals surface area contributed by atoms with E-state index in [2.05, 4.69) is 39.2 Å². The summed E-state index contributed by atoms with van der Waals surface area (Å²) in [7, 11) is 1.72. The molecule has 1 fully saturated rings. The maximum Gasteiger partial charge on any atom is 0.191 e. The standard InChI is InChI=1S/C22H30N4O2/c1-17(2)15-24-22(23-12-10-19-7-6-14-28-19)25-18-11-13-26(16-18)20-8-4-5-9-21(20)27-3/h4-9,14,18H,1,10-13,15-16H2,2-3H3,(H2,23,24,25). The minimum atomic E-state index is 0.324. The number of aliphatic imine (C=N–C) groups is 1. The molecule has 28 heavy (non-hydrogen) atoms. The van der Waals surface area contributed by atoms with E-state index in [1.165, 1.54) is 0 Å². The summed E-state index contributed by atoms with van der Waals surface area (Å²) >= 11 is 0. The molecule has 1 saturated heterocycles. The van der Waals surface area contributed by atoms with Crippen LogP contribution >= 0.6 is 0 Å². The van der Waals surface area contributed by atoms with Gasteiger partial charge in [-0.05, 0) is 37.6 Å². The number of nitrogens with one attached hydrogen (secondary N) is 2. The average Bonchev–Trinajstić information content (AvgIpc) is 3.38. The van der Waals surface area contributed by atoms with Crippen LogP contribution in [0, 0.1) is 0 Å². The summed E-state index contributed by atoms with van der Waals surface area (Å²) in [4.78, 5) is 7.01. The first-order chi connectivity index (χ1) is 13.7. The third-order valence-electron chi connectivity index (χ3n) is 4.71. The first-order valence-corrected chi connectivity index (χ1v) is 9.75. The van der Waals surface area contributed by atoms with E-state index >= 15 is 0 Å². The molecular formula is C22H30N4O2. The van der Waals surface area contributed by atoms with Gasteiger partial charge in [-0.2, -0.15) is 0 Å². The van der Waals surface area contributed by atoms with Gasteiger partial charge in [-0.15, -0.1) is 0 Å². The number of furan rings is 1. The summed E-state index contributed by atoms with van der Waals surface area (Å²) < 4.78 is 10.9. The molecular weight excluding hydrogens is 352 g/mol. The molecule has 1 aliphatic heterocycles. The highest BCUT2D eigenvalue weighted by Crippen LogP contribution is 2.30. The van der Waals surface area contributed by atoms with Crippen molar-refractivity contribution < 1.29 is 9.15 Å². The van der Waals surface area contributed by atoms with Crippen LogP contribution in [0.4, 0.5) is 5.69 Å². The summed E-state index contributed by atoms with van der Waals surface area (Å²) in [5, 5.41) is 6.99. The number of nitrogens with zero attached hydrogens (tertiary/aromatic N) is 2. The lowest BCUT2D eigenvalue weighted by atomic mass is 10.2. The van der Waals surface area contributed by atoms with Crippen molar-refractivity contribution in [2.45, 2.75) is 25.8 Å². The summed E-state index contributed by atoms with van der Waals surface area (Å²) in [6.07, 6.45) is 3.57. The van der Waals surface area contributed by atoms with E-state index in [1.807, 2.05) is 31.2 Å². The Kier molecular flexibility index (Phi) is 7.00. The summed E-state index contributed by atoms with van der Waals surface area (Å²) in [5.74, 6) is 2.70. The number of ether oxygens (including phenoxy) is 1. The molecule has 150 valence electrons. The first-order valence-electron chi connectivity index (χ1n) is 9.75. The quantitative estimate of drug-likeness (QED) is 0.417. The molecule has 0 spiro atoms. The SMILES string of the molecule is C=C(C)CN=C(NCCc1ccco1)NC1CCN(c2ccccc2OC)C1. The molecule has 1 unspecified atom stereocenters. The molecule has 1 aromatic heterocycles. The van der Waals surface area contributed by atoms with Gasteiger partial charge in [0.05, 0.1) is 25.6 Å². The molecule has 0 aliphatic carbocycles. The van der Waals surface area contributed by atoms with E-state index in [0.717, 1.165) is 61.2 Å². The highest BCUT2D eigenvalue weighted by Gasteiger charge is 2.25. The van der Waals surface area contributed by atoms with Gasteiger partial charge in [0.15, 0.2) is 5.96 Å². The molecule has 1 atom stereocenters. The normalized spacial score (nSPS) is 16.9. The second-order valence-electron chi connectivity index (χ2n) is 7.13. The number of hydrogen-bond donors (Lipinski definition) is 2. The molecule has 0 radical (unpaired) electrons. The Bertz CT molecular complexity index is 786. The lowest BCUT2D eigenvalue weighted by molar-refractivity contribution is 0.415. The number of anilines is 1. The fraction of sp³-hybridized carbons (Fsp3) is 0.409. The van der Waals surface area contributed by atoms with Gasteiger partial charge in [-0.25, -0.2) is 4.99 Å². The van der Waals surface area contributed by atoms with Crippen molar-refractivity contribution in [1.29, 1.82) is 0 Å². The molecule has 2 N–H and O–H groups in total. The van der Waals surface area contributed by atoms with E-state index in [1.54, 1.807) is 13.4 Å². The Morgan fingerprint density at radius 3 is 2.93 bits per heavy atom. The largest absolute Gasteiger partial charge is 0.495 e. The molecule has 1 aliphatic rings. The Balaban J connectivity index is 1.57. The number of para-hydroxylation sites is 2. The minimum Gasteiger partial charge on any atom is -0.495 e. The molecule has 2 aromatic rings. The maximum atomic E-state index is 5.51. The maximum absolute atomic E-state index is 5.51. The van der Waals surface area contributed by atoms with Gasteiger partial charge < -0.3 is 24.7 Å². The Labute approximate surface area is 167 Å². The monoisotopic (exact) mass is 382 g/mol. The van der Waals surface area contributed by atoms with Gasteiger partial charge in [-0.1, -0.05) is 24.3 Å². The minimum absolute atomic E-state index is 0.324.